The smallest absolute Gasteiger partial charge is 0.292 e. The van der Waals surface area contributed by atoms with Crippen molar-refractivity contribution in [3.8, 4) is 5.69 Å². The summed E-state index contributed by atoms with van der Waals surface area (Å²) in [6, 6.07) is 13.6. The Morgan fingerprint density at radius 3 is 2.61 bits per heavy atom. The average molecular weight is 397 g/mol. The number of benzene rings is 2. The molecule has 28 heavy (non-hydrogen) atoms. The van der Waals surface area contributed by atoms with Crippen molar-refractivity contribution in [3.05, 3.63) is 64.2 Å². The summed E-state index contributed by atoms with van der Waals surface area (Å²) in [6.07, 6.45) is 0. The van der Waals surface area contributed by atoms with Gasteiger partial charge in [-0.25, -0.2) is 0 Å². The van der Waals surface area contributed by atoms with Gasteiger partial charge in [-0.1, -0.05) is 29.8 Å². The fourth-order valence-corrected chi connectivity index (χ4v) is 2.90. The standard InChI is InChI=1S/C17H15N7O3S/c1-11-7-9-13(10-8-11)23-17(20-21-22-23)28-16(12(2)25)19-18-14-5-3-4-6-15(14)24(26)27/h3-10,18H,1-2H3/b19-16-. The van der Waals surface area contributed by atoms with E-state index in [2.05, 4.69) is 26.1 Å². The summed E-state index contributed by atoms with van der Waals surface area (Å²) in [6.45, 7) is 3.31. The van der Waals surface area contributed by atoms with Crippen molar-refractivity contribution < 1.29 is 9.72 Å². The van der Waals surface area contributed by atoms with Crippen molar-refractivity contribution in [1.82, 2.24) is 20.2 Å². The number of tetrazole rings is 1. The van der Waals surface area contributed by atoms with Gasteiger partial charge < -0.3 is 0 Å². The second-order valence-electron chi connectivity index (χ2n) is 5.67. The first-order valence-corrected chi connectivity index (χ1v) is 8.88. The molecule has 0 aliphatic rings. The summed E-state index contributed by atoms with van der Waals surface area (Å²) >= 11 is 0.958. The van der Waals surface area contributed by atoms with Crippen LogP contribution >= 0.6 is 11.8 Å². The van der Waals surface area contributed by atoms with Crippen molar-refractivity contribution in [1.29, 1.82) is 0 Å². The summed E-state index contributed by atoms with van der Waals surface area (Å²) in [7, 11) is 0. The number of nitrogens with one attached hydrogen (secondary N) is 1. The molecule has 0 saturated heterocycles. The molecule has 0 fully saturated rings. The molecule has 11 heteroatoms. The molecule has 0 bridgehead atoms. The van der Waals surface area contributed by atoms with Crippen LogP contribution in [-0.4, -0.2) is 36.0 Å². The number of anilines is 1. The first-order chi connectivity index (χ1) is 13.5. The lowest BCUT2D eigenvalue weighted by atomic mass is 10.2. The highest BCUT2D eigenvalue weighted by atomic mass is 32.2. The fraction of sp³-hybridized carbons (Fsp3) is 0.118. The van der Waals surface area contributed by atoms with Gasteiger partial charge in [0.25, 0.3) is 5.69 Å². The van der Waals surface area contributed by atoms with Crippen molar-refractivity contribution in [2.75, 3.05) is 5.43 Å². The molecule has 1 heterocycles. The maximum absolute atomic E-state index is 12.0. The van der Waals surface area contributed by atoms with Gasteiger partial charge in [0, 0.05) is 13.0 Å². The number of nitro benzene ring substituents is 1. The predicted molar refractivity (Wildman–Crippen MR) is 105 cm³/mol. The molecule has 0 atom stereocenters. The molecule has 1 aromatic heterocycles. The number of hydrogen-bond acceptors (Lipinski definition) is 9. The molecule has 0 amide bonds. The zero-order valence-corrected chi connectivity index (χ0v) is 15.8. The second-order valence-corrected chi connectivity index (χ2v) is 6.63. The maximum atomic E-state index is 12.0. The lowest BCUT2D eigenvalue weighted by Gasteiger charge is -2.06. The van der Waals surface area contributed by atoms with E-state index in [9.17, 15) is 14.9 Å². The fourth-order valence-electron chi connectivity index (χ4n) is 2.19. The molecule has 3 rings (SSSR count). The number of nitro groups is 1. The monoisotopic (exact) mass is 397 g/mol. The Kier molecular flexibility index (Phi) is 5.75. The molecule has 1 N–H and O–H groups in total. The van der Waals surface area contributed by atoms with Gasteiger partial charge in [-0.15, -0.1) is 5.10 Å². The van der Waals surface area contributed by atoms with Gasteiger partial charge in [-0.3, -0.25) is 20.3 Å². The van der Waals surface area contributed by atoms with E-state index >= 15 is 0 Å². The largest absolute Gasteiger partial charge is 0.294 e. The van der Waals surface area contributed by atoms with Gasteiger partial charge in [0.2, 0.25) is 5.16 Å². The molecule has 0 aliphatic carbocycles. The average Bonchev–Trinajstić information content (AvgIpc) is 3.13. The van der Waals surface area contributed by atoms with Crippen molar-refractivity contribution >= 4 is 34.0 Å². The van der Waals surface area contributed by atoms with Crippen LogP contribution in [0.5, 0.6) is 0 Å². The number of carbonyl (C=O) groups is 1. The number of aromatic nitrogens is 4. The van der Waals surface area contributed by atoms with Crippen LogP contribution in [0.4, 0.5) is 11.4 Å². The quantitative estimate of drug-likeness (QED) is 0.221. The van der Waals surface area contributed by atoms with Gasteiger partial charge in [0.15, 0.2) is 10.8 Å². The number of rotatable bonds is 6. The number of ketones is 1. The van der Waals surface area contributed by atoms with Crippen LogP contribution in [0.25, 0.3) is 5.69 Å². The van der Waals surface area contributed by atoms with Gasteiger partial charge in [-0.2, -0.15) is 9.78 Å². The van der Waals surface area contributed by atoms with Gasteiger partial charge in [-0.05, 0) is 47.3 Å². The lowest BCUT2D eigenvalue weighted by molar-refractivity contribution is -0.384. The number of Topliss-reactive ketones (excluding diaryl/α,β-unsaturated/α-hetero) is 1. The second kappa shape index (κ2) is 8.39. The minimum atomic E-state index is -0.531. The van der Waals surface area contributed by atoms with Crippen LogP contribution in [0, 0.1) is 17.0 Å². The highest BCUT2D eigenvalue weighted by Crippen LogP contribution is 2.25. The Morgan fingerprint density at radius 1 is 1.21 bits per heavy atom. The Labute approximate surface area is 163 Å². The minimum absolute atomic E-state index is 0.0568. The zero-order chi connectivity index (χ0) is 20.1. The summed E-state index contributed by atoms with van der Waals surface area (Å²) in [5, 5.41) is 27.0. The molecular weight excluding hydrogens is 382 g/mol. The number of hydrogen-bond donors (Lipinski definition) is 1. The Hall–Kier alpha value is -3.60. The molecule has 0 saturated carbocycles. The SMILES string of the molecule is CC(=O)/C(=N/Nc1ccccc1[N+](=O)[O-])Sc1nnnn1-c1ccc(C)cc1. The molecule has 2 aromatic carbocycles. The summed E-state index contributed by atoms with van der Waals surface area (Å²) in [5.74, 6) is -0.338. The molecule has 142 valence electrons. The van der Waals surface area contributed by atoms with Crippen molar-refractivity contribution in [2.24, 2.45) is 5.10 Å². The number of hydrazone groups is 1. The number of carbonyl (C=O) groups excluding carboxylic acids is 1. The van der Waals surface area contributed by atoms with E-state index in [0.717, 1.165) is 23.0 Å². The number of aryl methyl sites for hydroxylation is 1. The molecule has 0 spiro atoms. The topological polar surface area (TPSA) is 128 Å². The maximum Gasteiger partial charge on any atom is 0.294 e. The number of thioether (sulfide) groups is 1. The summed E-state index contributed by atoms with van der Waals surface area (Å²) in [5.41, 5.74) is 4.42. The van der Waals surface area contributed by atoms with E-state index in [4.69, 9.17) is 0 Å². The highest BCUT2D eigenvalue weighted by Gasteiger charge is 2.17. The van der Waals surface area contributed by atoms with Crippen molar-refractivity contribution in [2.45, 2.75) is 19.0 Å². The van der Waals surface area contributed by atoms with Crippen LogP contribution in [0.15, 0.2) is 58.8 Å². The van der Waals surface area contributed by atoms with Gasteiger partial charge in [0.05, 0.1) is 10.6 Å². The predicted octanol–water partition coefficient (Wildman–Crippen LogP) is 2.99. The lowest BCUT2D eigenvalue weighted by Crippen LogP contribution is -2.10. The van der Waals surface area contributed by atoms with E-state index < -0.39 is 4.92 Å². The first-order valence-electron chi connectivity index (χ1n) is 8.07. The Bertz CT molecular complexity index is 1050. The molecule has 3 aromatic rings. The third kappa shape index (κ3) is 4.38. The molecule has 10 nitrogen and oxygen atoms in total. The number of nitrogens with zero attached hydrogens (tertiary/aromatic N) is 6. The minimum Gasteiger partial charge on any atom is -0.292 e. The van der Waals surface area contributed by atoms with Crippen LogP contribution in [0.3, 0.4) is 0 Å². The molecular formula is C17H15N7O3S. The van der Waals surface area contributed by atoms with Gasteiger partial charge >= 0.3 is 0 Å². The molecule has 0 unspecified atom stereocenters. The van der Waals surface area contributed by atoms with Gasteiger partial charge in [0.1, 0.15) is 5.69 Å². The van der Waals surface area contributed by atoms with Crippen LogP contribution in [0.1, 0.15) is 12.5 Å². The summed E-state index contributed by atoms with van der Waals surface area (Å²) < 4.78 is 1.48. The van der Waals surface area contributed by atoms with Crippen molar-refractivity contribution in [3.63, 3.8) is 0 Å². The first kappa shape index (κ1) is 19.2. The van der Waals surface area contributed by atoms with E-state index in [0.29, 0.717) is 5.16 Å². The van der Waals surface area contributed by atoms with Crippen LogP contribution < -0.4 is 5.43 Å². The molecule has 0 aliphatic heterocycles. The Balaban J connectivity index is 1.86. The Morgan fingerprint density at radius 2 is 1.93 bits per heavy atom. The zero-order valence-electron chi connectivity index (χ0n) is 14.9. The summed E-state index contributed by atoms with van der Waals surface area (Å²) in [4.78, 5) is 22.6. The van der Waals surface area contributed by atoms with E-state index in [1.165, 1.54) is 23.7 Å². The third-order valence-electron chi connectivity index (χ3n) is 3.59. The van der Waals surface area contributed by atoms with E-state index in [1.807, 2.05) is 31.2 Å². The molecule has 0 radical (unpaired) electrons. The van der Waals surface area contributed by atoms with Crippen LogP contribution in [-0.2, 0) is 4.79 Å². The number of para-hydroxylation sites is 2. The van der Waals surface area contributed by atoms with Crippen LogP contribution in [0.2, 0.25) is 0 Å². The van der Waals surface area contributed by atoms with E-state index in [1.54, 1.807) is 12.1 Å². The third-order valence-corrected chi connectivity index (χ3v) is 4.60. The highest BCUT2D eigenvalue weighted by molar-refractivity contribution is 8.15. The van der Waals surface area contributed by atoms with E-state index in [-0.39, 0.29) is 22.2 Å². The normalized spacial score (nSPS) is 11.3.